The number of nitrogens with zero attached hydrogens (tertiary/aromatic N) is 2. The number of carbonyl (C=O) groups excluding carboxylic acids is 1. The third kappa shape index (κ3) is 5.13. The second kappa shape index (κ2) is 9.54. The van der Waals surface area contributed by atoms with E-state index in [2.05, 4.69) is 5.32 Å². The average Bonchev–Trinajstić information content (AvgIpc) is 3.21. The summed E-state index contributed by atoms with van der Waals surface area (Å²) in [4.78, 5) is 22.7. The molecular weight excluding hydrogens is 406 g/mol. The van der Waals surface area contributed by atoms with Gasteiger partial charge in [-0.2, -0.15) is 5.26 Å². The molecule has 0 fully saturated rings. The van der Waals surface area contributed by atoms with Crippen molar-refractivity contribution in [2.24, 2.45) is 0 Å². The van der Waals surface area contributed by atoms with E-state index in [0.29, 0.717) is 18.5 Å². The predicted molar refractivity (Wildman–Crippen MR) is 113 cm³/mol. The first-order valence-electron chi connectivity index (χ1n) is 8.96. The molecule has 3 rings (SSSR count). The first-order valence-corrected chi connectivity index (χ1v) is 9.34. The predicted octanol–water partition coefficient (Wildman–Crippen LogP) is 4.77. The van der Waals surface area contributed by atoms with Crippen LogP contribution in [0.2, 0.25) is 5.02 Å². The molecule has 3 aromatic rings. The van der Waals surface area contributed by atoms with Gasteiger partial charge in [-0.05, 0) is 30.2 Å². The lowest BCUT2D eigenvalue weighted by atomic mass is 10.1. The standard InChI is InChI=1S/C22H16ClN3O4/c23-20-8-6-17(26(28)29)13-19(20)21-9-7-18(30-21)12-16(14-24)22(27)25-11-10-15-4-2-1-3-5-15/h1-9,12-13H,10-11H2,(H,25,27)/b16-12+. The van der Waals surface area contributed by atoms with E-state index in [1.165, 1.54) is 24.3 Å². The average molecular weight is 422 g/mol. The highest BCUT2D eigenvalue weighted by Gasteiger charge is 2.15. The van der Waals surface area contributed by atoms with Gasteiger partial charge < -0.3 is 9.73 Å². The Balaban J connectivity index is 1.72. The molecule has 0 unspecified atom stereocenters. The molecule has 0 aliphatic heterocycles. The number of nitriles is 1. The van der Waals surface area contributed by atoms with Crippen molar-refractivity contribution >= 4 is 29.3 Å². The van der Waals surface area contributed by atoms with E-state index < -0.39 is 10.8 Å². The van der Waals surface area contributed by atoms with Crippen molar-refractivity contribution in [1.82, 2.24) is 5.32 Å². The molecule has 1 aromatic heterocycles. The maximum absolute atomic E-state index is 12.3. The molecule has 1 amide bonds. The Hall–Kier alpha value is -3.89. The highest BCUT2D eigenvalue weighted by atomic mass is 35.5. The molecule has 0 saturated carbocycles. The Morgan fingerprint density at radius 2 is 1.97 bits per heavy atom. The summed E-state index contributed by atoms with van der Waals surface area (Å²) in [5.74, 6) is 0.0267. The number of rotatable bonds is 7. The third-order valence-electron chi connectivity index (χ3n) is 4.25. The van der Waals surface area contributed by atoms with Crippen molar-refractivity contribution in [3.8, 4) is 17.4 Å². The smallest absolute Gasteiger partial charge is 0.270 e. The van der Waals surface area contributed by atoms with E-state index >= 15 is 0 Å². The summed E-state index contributed by atoms with van der Waals surface area (Å²) in [7, 11) is 0. The van der Waals surface area contributed by atoms with Crippen LogP contribution in [0.25, 0.3) is 17.4 Å². The van der Waals surface area contributed by atoms with Crippen LogP contribution in [0.15, 0.2) is 70.7 Å². The van der Waals surface area contributed by atoms with Gasteiger partial charge in [-0.15, -0.1) is 0 Å². The molecule has 0 saturated heterocycles. The number of hydrogen-bond donors (Lipinski definition) is 1. The van der Waals surface area contributed by atoms with Crippen molar-refractivity contribution in [1.29, 1.82) is 5.26 Å². The van der Waals surface area contributed by atoms with Gasteiger partial charge in [0, 0.05) is 30.3 Å². The fourth-order valence-electron chi connectivity index (χ4n) is 2.74. The minimum Gasteiger partial charge on any atom is -0.457 e. The largest absolute Gasteiger partial charge is 0.457 e. The molecule has 0 radical (unpaired) electrons. The quantitative estimate of drug-likeness (QED) is 0.255. The summed E-state index contributed by atoms with van der Waals surface area (Å²) in [6, 6.07) is 18.6. The zero-order valence-electron chi connectivity index (χ0n) is 15.7. The molecule has 0 bridgehead atoms. The van der Waals surface area contributed by atoms with Gasteiger partial charge in [0.1, 0.15) is 23.2 Å². The van der Waals surface area contributed by atoms with Gasteiger partial charge in [0.2, 0.25) is 0 Å². The number of hydrogen-bond acceptors (Lipinski definition) is 5. The summed E-state index contributed by atoms with van der Waals surface area (Å²) < 4.78 is 5.63. The number of non-ortho nitro benzene ring substituents is 1. The van der Waals surface area contributed by atoms with Gasteiger partial charge in [0.15, 0.2) is 0 Å². The number of carbonyl (C=O) groups is 1. The van der Waals surface area contributed by atoms with Crippen molar-refractivity contribution < 1.29 is 14.1 Å². The highest BCUT2D eigenvalue weighted by Crippen LogP contribution is 2.33. The van der Waals surface area contributed by atoms with Gasteiger partial charge >= 0.3 is 0 Å². The van der Waals surface area contributed by atoms with Gasteiger partial charge in [-0.3, -0.25) is 14.9 Å². The van der Waals surface area contributed by atoms with E-state index in [1.54, 1.807) is 12.1 Å². The number of nitro groups is 1. The molecule has 7 nitrogen and oxygen atoms in total. The SMILES string of the molecule is N#C/C(=C\c1ccc(-c2cc([N+](=O)[O-])ccc2Cl)o1)C(=O)NCCc1ccccc1. The zero-order chi connectivity index (χ0) is 21.5. The molecular formula is C22H16ClN3O4. The highest BCUT2D eigenvalue weighted by molar-refractivity contribution is 6.33. The number of halogens is 1. The first kappa shape index (κ1) is 20.8. The van der Waals surface area contributed by atoms with Crippen LogP contribution in [0, 0.1) is 21.4 Å². The summed E-state index contributed by atoms with van der Waals surface area (Å²) in [5, 5.41) is 23.3. The van der Waals surface area contributed by atoms with Gasteiger partial charge in [-0.1, -0.05) is 41.9 Å². The van der Waals surface area contributed by atoms with Crippen LogP contribution >= 0.6 is 11.6 Å². The Morgan fingerprint density at radius 3 is 2.67 bits per heavy atom. The summed E-state index contributed by atoms with van der Waals surface area (Å²) in [6.45, 7) is 0.383. The molecule has 150 valence electrons. The topological polar surface area (TPSA) is 109 Å². The van der Waals surface area contributed by atoms with Crippen LogP contribution in [0.4, 0.5) is 5.69 Å². The fourth-order valence-corrected chi connectivity index (χ4v) is 2.95. The maximum Gasteiger partial charge on any atom is 0.270 e. The number of furan rings is 1. The van der Waals surface area contributed by atoms with Crippen LogP contribution in [0.5, 0.6) is 0 Å². The number of benzene rings is 2. The lowest BCUT2D eigenvalue weighted by molar-refractivity contribution is -0.384. The second-order valence-corrected chi connectivity index (χ2v) is 6.69. The van der Waals surface area contributed by atoms with E-state index in [9.17, 15) is 20.2 Å². The fraction of sp³-hybridized carbons (Fsp3) is 0.0909. The summed E-state index contributed by atoms with van der Waals surface area (Å²) in [5.41, 5.74) is 1.17. The number of amides is 1. The van der Waals surface area contributed by atoms with Gasteiger partial charge in [0.05, 0.1) is 9.95 Å². The minimum atomic E-state index is -0.531. The molecule has 1 N–H and O–H groups in total. The van der Waals surface area contributed by atoms with E-state index in [0.717, 1.165) is 5.56 Å². The molecule has 0 aliphatic rings. The van der Waals surface area contributed by atoms with Crippen molar-refractivity contribution in [2.75, 3.05) is 6.54 Å². The minimum absolute atomic E-state index is 0.117. The normalized spacial score (nSPS) is 11.0. The number of nitro benzene ring substituents is 1. The zero-order valence-corrected chi connectivity index (χ0v) is 16.4. The van der Waals surface area contributed by atoms with Crippen LogP contribution in [0.1, 0.15) is 11.3 Å². The van der Waals surface area contributed by atoms with E-state index in [4.69, 9.17) is 16.0 Å². The molecule has 30 heavy (non-hydrogen) atoms. The Kier molecular flexibility index (Phi) is 6.63. The lowest BCUT2D eigenvalue weighted by Gasteiger charge is -2.04. The van der Waals surface area contributed by atoms with Crippen LogP contribution in [-0.2, 0) is 11.2 Å². The Morgan fingerprint density at radius 1 is 1.20 bits per heavy atom. The van der Waals surface area contributed by atoms with E-state index in [-0.39, 0.29) is 27.8 Å². The van der Waals surface area contributed by atoms with Gasteiger partial charge in [-0.25, -0.2) is 0 Å². The molecule has 8 heteroatoms. The lowest BCUT2D eigenvalue weighted by Crippen LogP contribution is -2.26. The molecule has 0 atom stereocenters. The first-order chi connectivity index (χ1) is 14.5. The third-order valence-corrected chi connectivity index (χ3v) is 4.58. The van der Waals surface area contributed by atoms with Crippen LogP contribution < -0.4 is 5.32 Å². The summed E-state index contributed by atoms with van der Waals surface area (Å²) in [6.07, 6.45) is 1.95. The summed E-state index contributed by atoms with van der Waals surface area (Å²) >= 11 is 6.12. The monoisotopic (exact) mass is 421 g/mol. The van der Waals surface area contributed by atoms with Crippen molar-refractivity contribution in [3.05, 3.63) is 92.7 Å². The van der Waals surface area contributed by atoms with Crippen LogP contribution in [0.3, 0.4) is 0 Å². The number of nitrogens with one attached hydrogen (secondary N) is 1. The molecule has 2 aromatic carbocycles. The molecule has 0 spiro atoms. The molecule has 1 heterocycles. The Labute approximate surface area is 177 Å². The second-order valence-electron chi connectivity index (χ2n) is 6.28. The Bertz CT molecular complexity index is 1150. The molecule has 0 aliphatic carbocycles. The maximum atomic E-state index is 12.3. The van der Waals surface area contributed by atoms with Crippen molar-refractivity contribution in [2.45, 2.75) is 6.42 Å². The van der Waals surface area contributed by atoms with E-state index in [1.807, 2.05) is 36.4 Å². The van der Waals surface area contributed by atoms with Crippen molar-refractivity contribution in [3.63, 3.8) is 0 Å². The van der Waals surface area contributed by atoms with Crippen LogP contribution in [-0.4, -0.2) is 17.4 Å². The van der Waals surface area contributed by atoms with Gasteiger partial charge in [0.25, 0.3) is 11.6 Å².